The van der Waals surface area contributed by atoms with Gasteiger partial charge in [0.25, 0.3) is 0 Å². The summed E-state index contributed by atoms with van der Waals surface area (Å²) in [6, 6.07) is 1.90. The lowest BCUT2D eigenvalue weighted by Gasteiger charge is -2.41. The quantitative estimate of drug-likeness (QED) is 0.764. The summed E-state index contributed by atoms with van der Waals surface area (Å²) in [4.78, 5) is 22.4. The number of halogens is 3. The summed E-state index contributed by atoms with van der Waals surface area (Å²) >= 11 is 0. The van der Waals surface area contributed by atoms with Gasteiger partial charge in [-0.3, -0.25) is 0 Å². The van der Waals surface area contributed by atoms with Crippen LogP contribution in [0.4, 0.5) is 23.8 Å². The summed E-state index contributed by atoms with van der Waals surface area (Å²) < 4.78 is 40.1. The Hall–Kier alpha value is -2.71. The molecule has 1 aromatic rings. The molecule has 168 valence electrons. The van der Waals surface area contributed by atoms with Gasteiger partial charge in [0.1, 0.15) is 5.82 Å². The van der Waals surface area contributed by atoms with Crippen molar-refractivity contribution in [1.82, 2.24) is 20.1 Å². The second kappa shape index (κ2) is 8.43. The molecule has 9 heteroatoms. The van der Waals surface area contributed by atoms with E-state index in [9.17, 15) is 18.0 Å². The Bertz CT molecular complexity index is 911. The smallest absolute Gasteiger partial charge is 0.375 e. The molecule has 0 radical (unpaired) electrons. The van der Waals surface area contributed by atoms with E-state index in [1.54, 1.807) is 9.80 Å². The summed E-state index contributed by atoms with van der Waals surface area (Å²) in [5.74, 6) is -0.0725. The number of hydrogen-bond donors (Lipinski definition) is 1. The van der Waals surface area contributed by atoms with E-state index >= 15 is 0 Å². The molecular weight excluding hydrogens is 407 g/mol. The third-order valence-corrected chi connectivity index (χ3v) is 6.30. The molecule has 2 amide bonds. The number of hydrogen-bond acceptors (Lipinski definition) is 4. The van der Waals surface area contributed by atoms with E-state index in [-0.39, 0.29) is 17.9 Å². The number of aromatic nitrogens is 1. The predicted molar refractivity (Wildman–Crippen MR) is 112 cm³/mol. The standard InChI is InChI=1S/C22H28F3N5O/c1-15-14-29(20-18(22(23,24)25)6-3-9-26-20)11-12-30(15)21(31)27-17-8-7-16-5-4-10-28(2)19(16)13-17/h3,6,9,13,15H,4-5,7-8,10-12,14H2,1-2H3,(H,27,31)/t15-/m1/s1. The van der Waals surface area contributed by atoms with Gasteiger partial charge in [-0.2, -0.15) is 13.2 Å². The van der Waals surface area contributed by atoms with Crippen molar-refractivity contribution in [3.63, 3.8) is 0 Å². The summed E-state index contributed by atoms with van der Waals surface area (Å²) in [7, 11) is 2.07. The van der Waals surface area contributed by atoms with Crippen LogP contribution in [0.1, 0.15) is 38.2 Å². The molecule has 3 heterocycles. The molecular formula is C22H28F3N5O. The van der Waals surface area contributed by atoms with Gasteiger partial charge in [-0.05, 0) is 56.4 Å². The lowest BCUT2D eigenvalue weighted by atomic mass is 9.92. The van der Waals surface area contributed by atoms with Crippen molar-refractivity contribution in [2.45, 2.75) is 44.8 Å². The van der Waals surface area contributed by atoms with Crippen LogP contribution in [-0.4, -0.2) is 60.1 Å². The Morgan fingerprint density at radius 2 is 2.00 bits per heavy atom. The number of piperazine rings is 1. The molecule has 4 rings (SSSR count). The average molecular weight is 435 g/mol. The number of alkyl halides is 3. The highest BCUT2D eigenvalue weighted by atomic mass is 19.4. The summed E-state index contributed by atoms with van der Waals surface area (Å²) in [5.41, 5.74) is 2.81. The molecule has 6 nitrogen and oxygen atoms in total. The highest BCUT2D eigenvalue weighted by Crippen LogP contribution is 2.36. The Morgan fingerprint density at radius 1 is 1.19 bits per heavy atom. The van der Waals surface area contributed by atoms with Gasteiger partial charge >= 0.3 is 12.2 Å². The second-order valence-electron chi connectivity index (χ2n) is 8.47. The van der Waals surface area contributed by atoms with Gasteiger partial charge < -0.3 is 20.0 Å². The molecule has 0 unspecified atom stereocenters. The number of nitrogens with one attached hydrogen (secondary N) is 1. The Labute approximate surface area is 180 Å². The number of carbonyl (C=O) groups is 1. The molecule has 1 aliphatic carbocycles. The molecule has 0 bridgehead atoms. The van der Waals surface area contributed by atoms with Crippen LogP contribution in [0.25, 0.3) is 0 Å². The number of likely N-dealkylation sites (N-methyl/N-ethyl adjacent to an activating group) is 1. The van der Waals surface area contributed by atoms with Crippen LogP contribution in [0.5, 0.6) is 0 Å². The van der Waals surface area contributed by atoms with Gasteiger partial charge in [0.2, 0.25) is 0 Å². The van der Waals surface area contributed by atoms with E-state index in [1.807, 2.05) is 6.92 Å². The monoisotopic (exact) mass is 435 g/mol. The first-order valence-corrected chi connectivity index (χ1v) is 10.7. The number of nitrogens with zero attached hydrogens (tertiary/aromatic N) is 4. The van der Waals surface area contributed by atoms with Crippen molar-refractivity contribution in [3.8, 4) is 0 Å². The van der Waals surface area contributed by atoms with Crippen LogP contribution in [0, 0.1) is 0 Å². The zero-order chi connectivity index (χ0) is 22.2. The topological polar surface area (TPSA) is 51.7 Å². The van der Waals surface area contributed by atoms with Crippen molar-refractivity contribution < 1.29 is 18.0 Å². The minimum atomic E-state index is -4.46. The largest absolute Gasteiger partial charge is 0.419 e. The van der Waals surface area contributed by atoms with Gasteiger partial charge in [-0.15, -0.1) is 0 Å². The van der Waals surface area contributed by atoms with E-state index in [2.05, 4.69) is 28.3 Å². The number of carbonyl (C=O) groups excluding carboxylic acids is 1. The average Bonchev–Trinajstić information content (AvgIpc) is 2.73. The number of urea groups is 1. The van der Waals surface area contributed by atoms with Crippen molar-refractivity contribution in [2.75, 3.05) is 38.1 Å². The first-order valence-electron chi connectivity index (χ1n) is 10.7. The fourth-order valence-corrected chi connectivity index (χ4v) is 4.67. The van der Waals surface area contributed by atoms with Crippen LogP contribution >= 0.6 is 0 Å². The van der Waals surface area contributed by atoms with Gasteiger partial charge in [-0.1, -0.05) is 0 Å². The van der Waals surface area contributed by atoms with E-state index in [4.69, 9.17) is 0 Å². The normalized spacial score (nSPS) is 22.3. The Balaban J connectivity index is 1.42. The molecule has 1 atom stereocenters. The number of anilines is 1. The molecule has 1 N–H and O–H groups in total. The SMILES string of the molecule is C[C@@H]1CN(c2ncccc2C(F)(F)F)CCN1C(=O)NC1=CC2=C(CCCN2C)CC1. The highest BCUT2D eigenvalue weighted by Gasteiger charge is 2.37. The molecule has 3 aliphatic rings. The van der Waals surface area contributed by atoms with Gasteiger partial charge in [0.05, 0.1) is 5.56 Å². The molecule has 2 aliphatic heterocycles. The number of allylic oxidation sites excluding steroid dienone is 3. The first kappa shape index (κ1) is 21.5. The zero-order valence-corrected chi connectivity index (χ0v) is 17.9. The van der Waals surface area contributed by atoms with Crippen molar-refractivity contribution in [2.24, 2.45) is 0 Å². The minimum Gasteiger partial charge on any atom is -0.375 e. The van der Waals surface area contributed by atoms with Crippen LogP contribution in [-0.2, 0) is 6.18 Å². The molecule has 0 spiro atoms. The fourth-order valence-electron chi connectivity index (χ4n) is 4.67. The van der Waals surface area contributed by atoms with Crippen molar-refractivity contribution in [1.29, 1.82) is 0 Å². The summed E-state index contributed by atoms with van der Waals surface area (Å²) in [5, 5.41) is 3.04. The lowest BCUT2D eigenvalue weighted by molar-refractivity contribution is -0.137. The van der Waals surface area contributed by atoms with Gasteiger partial charge in [-0.25, -0.2) is 9.78 Å². The molecule has 1 aromatic heterocycles. The lowest BCUT2D eigenvalue weighted by Crippen LogP contribution is -2.57. The van der Waals surface area contributed by atoms with E-state index < -0.39 is 11.7 Å². The number of pyridine rings is 1. The van der Waals surface area contributed by atoms with E-state index in [1.165, 1.54) is 30.0 Å². The zero-order valence-electron chi connectivity index (χ0n) is 17.9. The molecule has 0 saturated carbocycles. The summed E-state index contributed by atoms with van der Waals surface area (Å²) in [6.07, 6.45) is 3.01. The maximum atomic E-state index is 13.4. The fraction of sp³-hybridized carbons (Fsp3) is 0.545. The molecule has 0 aromatic carbocycles. The first-order chi connectivity index (χ1) is 14.7. The van der Waals surface area contributed by atoms with Crippen LogP contribution < -0.4 is 10.2 Å². The molecule has 1 saturated heterocycles. The van der Waals surface area contributed by atoms with Gasteiger partial charge in [0.15, 0.2) is 0 Å². The highest BCUT2D eigenvalue weighted by molar-refractivity contribution is 5.77. The third kappa shape index (κ3) is 4.50. The maximum Gasteiger partial charge on any atom is 0.419 e. The third-order valence-electron chi connectivity index (χ3n) is 6.30. The summed E-state index contributed by atoms with van der Waals surface area (Å²) in [6.45, 7) is 3.80. The van der Waals surface area contributed by atoms with Gasteiger partial charge in [0, 0.05) is 56.9 Å². The minimum absolute atomic E-state index is 0.0725. The Kier molecular flexibility index (Phi) is 5.85. The maximum absolute atomic E-state index is 13.4. The number of amides is 2. The molecule has 1 fully saturated rings. The van der Waals surface area contributed by atoms with Crippen molar-refractivity contribution >= 4 is 11.8 Å². The Morgan fingerprint density at radius 3 is 2.74 bits per heavy atom. The second-order valence-corrected chi connectivity index (χ2v) is 8.47. The van der Waals surface area contributed by atoms with Crippen LogP contribution in [0.3, 0.4) is 0 Å². The molecule has 31 heavy (non-hydrogen) atoms. The number of rotatable bonds is 2. The van der Waals surface area contributed by atoms with E-state index in [0.717, 1.165) is 37.6 Å². The van der Waals surface area contributed by atoms with Crippen LogP contribution in [0.2, 0.25) is 0 Å². The van der Waals surface area contributed by atoms with E-state index in [0.29, 0.717) is 19.6 Å². The van der Waals surface area contributed by atoms with Crippen LogP contribution in [0.15, 0.2) is 41.4 Å². The van der Waals surface area contributed by atoms with Crippen molar-refractivity contribution in [3.05, 3.63) is 46.9 Å². The predicted octanol–water partition coefficient (Wildman–Crippen LogP) is 3.98.